The van der Waals surface area contributed by atoms with Crippen molar-refractivity contribution in [2.24, 2.45) is 0 Å². The van der Waals surface area contributed by atoms with Gasteiger partial charge in [0, 0.05) is 35.0 Å². The Balaban J connectivity index is 1.64. The van der Waals surface area contributed by atoms with Crippen LogP contribution in [0.1, 0.15) is 47.2 Å². The second kappa shape index (κ2) is 8.00. The van der Waals surface area contributed by atoms with E-state index < -0.39 is 5.82 Å². The summed E-state index contributed by atoms with van der Waals surface area (Å²) >= 11 is 6.09. The summed E-state index contributed by atoms with van der Waals surface area (Å²) in [6.45, 7) is 2.10. The summed E-state index contributed by atoms with van der Waals surface area (Å²) in [5, 5.41) is 0.319. The van der Waals surface area contributed by atoms with E-state index in [0.717, 1.165) is 18.4 Å². The quantitative estimate of drug-likeness (QED) is 0.644. The van der Waals surface area contributed by atoms with E-state index in [4.69, 9.17) is 11.6 Å². The van der Waals surface area contributed by atoms with Gasteiger partial charge in [0.05, 0.1) is 6.54 Å². The molecule has 0 aromatic heterocycles. The van der Waals surface area contributed by atoms with Crippen LogP contribution >= 0.6 is 11.6 Å². The van der Waals surface area contributed by atoms with Gasteiger partial charge in [0.25, 0.3) is 0 Å². The number of aryl methyl sites for hydroxylation is 1. The number of halogens is 2. The molecule has 0 saturated heterocycles. The maximum absolute atomic E-state index is 14.0. The number of Topliss-reactive ketones (excluding diaryl/α,β-unsaturated/α-hetero) is 1. The third-order valence-corrected chi connectivity index (χ3v) is 4.99. The number of nitrogens with zero attached hydrogens (tertiary/aromatic N) is 1. The van der Waals surface area contributed by atoms with Crippen molar-refractivity contribution in [3.63, 3.8) is 0 Å². The predicted molar refractivity (Wildman–Crippen MR) is 99.7 cm³/mol. The lowest BCUT2D eigenvalue weighted by molar-refractivity contribution is -0.132. The number of ketones is 1. The Kier molecular flexibility index (Phi) is 5.72. The molecule has 0 bridgehead atoms. The van der Waals surface area contributed by atoms with Crippen LogP contribution in [0.25, 0.3) is 0 Å². The van der Waals surface area contributed by atoms with Crippen LogP contribution in [0.3, 0.4) is 0 Å². The van der Waals surface area contributed by atoms with Crippen LogP contribution in [0.2, 0.25) is 5.02 Å². The predicted octanol–water partition coefficient (Wildman–Crippen LogP) is 4.94. The Hall–Kier alpha value is -2.20. The van der Waals surface area contributed by atoms with Crippen LogP contribution < -0.4 is 0 Å². The van der Waals surface area contributed by atoms with Crippen molar-refractivity contribution in [3.05, 3.63) is 70.0 Å². The standard InChI is InChI=1S/C21H21ClFNO2/c1-14-5-7-15(8-6-14)20(25)11-12-21(26)24(16-9-10-16)13-17-18(22)3-2-4-19(17)23/h2-8,16H,9-13H2,1H3. The summed E-state index contributed by atoms with van der Waals surface area (Å²) in [4.78, 5) is 26.6. The van der Waals surface area contributed by atoms with Crippen molar-refractivity contribution >= 4 is 23.3 Å². The Bertz CT molecular complexity index is 795. The minimum absolute atomic E-state index is 0.0574. The third kappa shape index (κ3) is 4.50. The number of hydrogen-bond acceptors (Lipinski definition) is 2. The van der Waals surface area contributed by atoms with Crippen LogP contribution in [0, 0.1) is 12.7 Å². The van der Waals surface area contributed by atoms with Crippen molar-refractivity contribution < 1.29 is 14.0 Å². The van der Waals surface area contributed by atoms with Crippen LogP contribution in [0.4, 0.5) is 4.39 Å². The highest BCUT2D eigenvalue weighted by Gasteiger charge is 2.33. The molecule has 0 radical (unpaired) electrons. The van der Waals surface area contributed by atoms with Gasteiger partial charge >= 0.3 is 0 Å². The zero-order valence-electron chi connectivity index (χ0n) is 14.7. The van der Waals surface area contributed by atoms with Crippen molar-refractivity contribution in [1.29, 1.82) is 0 Å². The second-order valence-electron chi connectivity index (χ2n) is 6.74. The van der Waals surface area contributed by atoms with E-state index in [2.05, 4.69) is 0 Å². The Morgan fingerprint density at radius 3 is 2.42 bits per heavy atom. The summed E-state index contributed by atoms with van der Waals surface area (Å²) in [5.74, 6) is -0.600. The first kappa shape index (κ1) is 18.6. The summed E-state index contributed by atoms with van der Waals surface area (Å²) in [7, 11) is 0. The smallest absolute Gasteiger partial charge is 0.223 e. The van der Waals surface area contributed by atoms with Gasteiger partial charge in [-0.05, 0) is 31.9 Å². The molecule has 2 aromatic rings. The zero-order chi connectivity index (χ0) is 18.7. The highest BCUT2D eigenvalue weighted by molar-refractivity contribution is 6.31. The molecular formula is C21H21ClFNO2. The van der Waals surface area contributed by atoms with Gasteiger partial charge in [-0.15, -0.1) is 0 Å². The fourth-order valence-corrected chi connectivity index (χ4v) is 3.13. The molecule has 0 N–H and O–H groups in total. The lowest BCUT2D eigenvalue weighted by atomic mass is 10.0. The molecule has 3 nitrogen and oxygen atoms in total. The van der Waals surface area contributed by atoms with Gasteiger partial charge in [-0.3, -0.25) is 9.59 Å². The van der Waals surface area contributed by atoms with Crippen molar-refractivity contribution in [2.45, 2.75) is 45.2 Å². The van der Waals surface area contributed by atoms with E-state index in [1.807, 2.05) is 19.1 Å². The van der Waals surface area contributed by atoms with E-state index in [1.165, 1.54) is 6.07 Å². The molecule has 1 aliphatic rings. The number of carbonyl (C=O) groups excluding carboxylic acids is 2. The molecule has 0 atom stereocenters. The maximum Gasteiger partial charge on any atom is 0.223 e. The number of benzene rings is 2. The van der Waals surface area contributed by atoms with Gasteiger partial charge in [-0.25, -0.2) is 4.39 Å². The average Bonchev–Trinajstić information content (AvgIpc) is 3.45. The molecule has 5 heteroatoms. The van der Waals surface area contributed by atoms with Gasteiger partial charge in [0.2, 0.25) is 5.91 Å². The first-order valence-electron chi connectivity index (χ1n) is 8.78. The molecule has 1 amide bonds. The van der Waals surface area contributed by atoms with Gasteiger partial charge in [-0.2, -0.15) is 0 Å². The van der Waals surface area contributed by atoms with Gasteiger partial charge in [0.1, 0.15) is 5.82 Å². The molecular weight excluding hydrogens is 353 g/mol. The van der Waals surface area contributed by atoms with E-state index in [1.54, 1.807) is 29.2 Å². The molecule has 1 aliphatic carbocycles. The van der Waals surface area contributed by atoms with E-state index >= 15 is 0 Å². The lowest BCUT2D eigenvalue weighted by Crippen LogP contribution is -2.33. The van der Waals surface area contributed by atoms with Crippen LogP contribution in [0.15, 0.2) is 42.5 Å². The van der Waals surface area contributed by atoms with E-state index in [0.29, 0.717) is 16.1 Å². The fourth-order valence-electron chi connectivity index (χ4n) is 2.91. The molecule has 3 rings (SSSR count). The third-order valence-electron chi connectivity index (χ3n) is 4.64. The maximum atomic E-state index is 14.0. The first-order valence-corrected chi connectivity index (χ1v) is 9.15. The molecule has 26 heavy (non-hydrogen) atoms. The minimum atomic E-state index is -0.410. The van der Waals surface area contributed by atoms with Gasteiger partial charge in [-0.1, -0.05) is 47.5 Å². The summed E-state index contributed by atoms with van der Waals surface area (Å²) < 4.78 is 14.0. The number of carbonyl (C=O) groups is 2. The first-order chi connectivity index (χ1) is 12.5. The largest absolute Gasteiger partial charge is 0.335 e. The summed E-state index contributed by atoms with van der Waals surface area (Å²) in [6, 6.07) is 11.9. The Morgan fingerprint density at radius 2 is 1.81 bits per heavy atom. The Morgan fingerprint density at radius 1 is 1.12 bits per heavy atom. The van der Waals surface area contributed by atoms with Crippen LogP contribution in [0.5, 0.6) is 0 Å². The topological polar surface area (TPSA) is 37.4 Å². The fraction of sp³-hybridized carbons (Fsp3) is 0.333. The number of hydrogen-bond donors (Lipinski definition) is 0. The highest BCUT2D eigenvalue weighted by atomic mass is 35.5. The minimum Gasteiger partial charge on any atom is -0.335 e. The normalized spacial score (nSPS) is 13.5. The molecule has 0 unspecified atom stereocenters. The van der Waals surface area contributed by atoms with Crippen LogP contribution in [-0.4, -0.2) is 22.6 Å². The molecule has 0 spiro atoms. The zero-order valence-corrected chi connectivity index (χ0v) is 15.4. The van der Waals surface area contributed by atoms with Crippen molar-refractivity contribution in [3.8, 4) is 0 Å². The molecule has 136 valence electrons. The van der Waals surface area contributed by atoms with Crippen LogP contribution in [-0.2, 0) is 11.3 Å². The Labute approximate surface area is 157 Å². The van der Waals surface area contributed by atoms with Crippen molar-refractivity contribution in [2.75, 3.05) is 0 Å². The highest BCUT2D eigenvalue weighted by Crippen LogP contribution is 2.31. The lowest BCUT2D eigenvalue weighted by Gasteiger charge is -2.23. The molecule has 1 fully saturated rings. The molecule has 1 saturated carbocycles. The van der Waals surface area contributed by atoms with E-state index in [9.17, 15) is 14.0 Å². The number of amides is 1. The van der Waals surface area contributed by atoms with Gasteiger partial charge < -0.3 is 4.90 Å². The molecule has 0 heterocycles. The monoisotopic (exact) mass is 373 g/mol. The molecule has 2 aromatic carbocycles. The average molecular weight is 374 g/mol. The SMILES string of the molecule is Cc1ccc(C(=O)CCC(=O)N(Cc2c(F)cccc2Cl)C2CC2)cc1. The second-order valence-corrected chi connectivity index (χ2v) is 7.15. The van der Waals surface area contributed by atoms with E-state index in [-0.39, 0.29) is 37.1 Å². The summed E-state index contributed by atoms with van der Waals surface area (Å²) in [5.41, 5.74) is 2.03. The number of rotatable bonds is 7. The van der Waals surface area contributed by atoms with Crippen molar-refractivity contribution in [1.82, 2.24) is 4.90 Å². The molecule has 0 aliphatic heterocycles. The van der Waals surface area contributed by atoms with Gasteiger partial charge in [0.15, 0.2) is 5.78 Å². The summed E-state index contributed by atoms with van der Waals surface area (Å²) in [6.07, 6.45) is 2.08.